The van der Waals surface area contributed by atoms with Crippen molar-refractivity contribution in [1.82, 2.24) is 9.88 Å². The largest absolute Gasteiger partial charge is 0.496 e. The lowest BCUT2D eigenvalue weighted by Crippen LogP contribution is -2.26. The molecule has 5 heteroatoms. The molecule has 0 aliphatic rings. The first-order valence-electron chi connectivity index (χ1n) is 6.67. The van der Waals surface area contributed by atoms with E-state index in [1.807, 2.05) is 24.3 Å². The summed E-state index contributed by atoms with van der Waals surface area (Å²) in [6.07, 6.45) is 1.58. The molecule has 1 heterocycles. The van der Waals surface area contributed by atoms with Crippen molar-refractivity contribution in [3.8, 4) is 5.75 Å². The first-order valence-corrected chi connectivity index (χ1v) is 6.67. The second-order valence-corrected chi connectivity index (χ2v) is 4.66. The first kappa shape index (κ1) is 14.8. The molecule has 5 nitrogen and oxygen atoms in total. The summed E-state index contributed by atoms with van der Waals surface area (Å²) in [4.78, 5) is 18.2. The zero-order valence-corrected chi connectivity index (χ0v) is 12.5. The highest BCUT2D eigenvalue weighted by atomic mass is 16.5. The Morgan fingerprint density at radius 3 is 2.67 bits per heavy atom. The molecule has 1 amide bonds. The minimum atomic E-state index is -0.0731. The van der Waals surface area contributed by atoms with Gasteiger partial charge in [-0.05, 0) is 18.2 Å². The van der Waals surface area contributed by atoms with Gasteiger partial charge in [0.15, 0.2) is 0 Å². The number of carbonyl (C=O) groups excluding carboxylic acids is 1. The zero-order valence-electron chi connectivity index (χ0n) is 12.5. The van der Waals surface area contributed by atoms with Crippen LogP contribution >= 0.6 is 0 Å². The molecule has 1 aromatic carbocycles. The van der Waals surface area contributed by atoms with Gasteiger partial charge in [-0.2, -0.15) is 0 Å². The lowest BCUT2D eigenvalue weighted by atomic mass is 10.1. The van der Waals surface area contributed by atoms with Gasteiger partial charge in [-0.1, -0.05) is 18.2 Å². The summed E-state index contributed by atoms with van der Waals surface area (Å²) < 4.78 is 5.30. The lowest BCUT2D eigenvalue weighted by molar-refractivity contribution is 0.0784. The number of para-hydroxylation sites is 1. The fraction of sp³-hybridized carbons (Fsp3) is 0.250. The number of hydrogen-bond donors (Lipinski definition) is 1. The van der Waals surface area contributed by atoms with Crippen molar-refractivity contribution >= 4 is 11.7 Å². The highest BCUT2D eigenvalue weighted by Gasteiger charge is 2.14. The number of nitrogens with zero attached hydrogens (tertiary/aromatic N) is 2. The van der Waals surface area contributed by atoms with Crippen LogP contribution in [-0.4, -0.2) is 37.0 Å². The smallest absolute Gasteiger partial charge is 0.255 e. The van der Waals surface area contributed by atoms with Gasteiger partial charge in [0.25, 0.3) is 5.91 Å². The second-order valence-electron chi connectivity index (χ2n) is 4.66. The summed E-state index contributed by atoms with van der Waals surface area (Å²) in [6, 6.07) is 11.2. The van der Waals surface area contributed by atoms with Gasteiger partial charge in [-0.3, -0.25) is 4.79 Å². The quantitative estimate of drug-likeness (QED) is 0.916. The Morgan fingerprint density at radius 2 is 2.05 bits per heavy atom. The average Bonchev–Trinajstić information content (AvgIpc) is 2.54. The van der Waals surface area contributed by atoms with Gasteiger partial charge in [0.2, 0.25) is 0 Å². The van der Waals surface area contributed by atoms with Crippen LogP contribution in [0.5, 0.6) is 5.75 Å². The molecule has 0 aliphatic heterocycles. The van der Waals surface area contributed by atoms with E-state index in [1.54, 1.807) is 44.4 Å². The first-order chi connectivity index (χ1) is 10.2. The normalized spacial score (nSPS) is 10.0. The van der Waals surface area contributed by atoms with Crippen LogP contribution in [0.15, 0.2) is 42.6 Å². The van der Waals surface area contributed by atoms with Crippen molar-refractivity contribution in [2.45, 2.75) is 6.54 Å². The Labute approximate surface area is 124 Å². The minimum absolute atomic E-state index is 0.0731. The van der Waals surface area contributed by atoms with E-state index in [2.05, 4.69) is 10.3 Å². The van der Waals surface area contributed by atoms with E-state index in [0.29, 0.717) is 12.1 Å². The molecule has 2 aromatic rings. The maximum atomic E-state index is 12.4. The molecule has 0 atom stereocenters. The fourth-order valence-electron chi connectivity index (χ4n) is 2.05. The third-order valence-electron chi connectivity index (χ3n) is 3.21. The summed E-state index contributed by atoms with van der Waals surface area (Å²) in [5.41, 5.74) is 1.53. The van der Waals surface area contributed by atoms with E-state index >= 15 is 0 Å². The minimum Gasteiger partial charge on any atom is -0.496 e. The van der Waals surface area contributed by atoms with Gasteiger partial charge < -0.3 is 15.0 Å². The van der Waals surface area contributed by atoms with E-state index in [0.717, 1.165) is 17.1 Å². The van der Waals surface area contributed by atoms with Crippen LogP contribution in [0, 0.1) is 0 Å². The van der Waals surface area contributed by atoms with Crippen molar-refractivity contribution in [2.24, 2.45) is 0 Å². The summed E-state index contributed by atoms with van der Waals surface area (Å²) in [7, 11) is 5.18. The van der Waals surface area contributed by atoms with Crippen molar-refractivity contribution in [2.75, 3.05) is 26.5 Å². The number of carbonyl (C=O) groups is 1. The van der Waals surface area contributed by atoms with Gasteiger partial charge in [0.1, 0.15) is 11.6 Å². The molecule has 21 heavy (non-hydrogen) atoms. The standard InChI is InChI=1S/C16H19N3O2/c1-17-15-9-8-12(10-18-15)16(20)19(2)11-13-6-4-5-7-14(13)21-3/h4-10H,11H2,1-3H3,(H,17,18). The van der Waals surface area contributed by atoms with E-state index in [9.17, 15) is 4.79 Å². The Hall–Kier alpha value is -2.56. The lowest BCUT2D eigenvalue weighted by Gasteiger charge is -2.18. The van der Waals surface area contributed by atoms with E-state index in [1.165, 1.54) is 0 Å². The number of rotatable bonds is 5. The predicted octanol–water partition coefficient (Wildman–Crippen LogP) is 2.40. The third-order valence-corrected chi connectivity index (χ3v) is 3.21. The summed E-state index contributed by atoms with van der Waals surface area (Å²) in [6.45, 7) is 0.483. The maximum Gasteiger partial charge on any atom is 0.255 e. The maximum absolute atomic E-state index is 12.4. The van der Waals surface area contributed by atoms with Crippen molar-refractivity contribution in [3.63, 3.8) is 0 Å². The SMILES string of the molecule is CNc1ccc(C(=O)N(C)Cc2ccccc2OC)cn1. The third kappa shape index (κ3) is 3.51. The monoisotopic (exact) mass is 285 g/mol. The molecule has 0 aliphatic carbocycles. The molecule has 0 saturated heterocycles. The molecule has 110 valence electrons. The van der Waals surface area contributed by atoms with Crippen LogP contribution in [0.3, 0.4) is 0 Å². The van der Waals surface area contributed by atoms with Crippen LogP contribution in [0.4, 0.5) is 5.82 Å². The van der Waals surface area contributed by atoms with Crippen LogP contribution in [0.1, 0.15) is 15.9 Å². The Kier molecular flexibility index (Phi) is 4.77. The summed E-state index contributed by atoms with van der Waals surface area (Å²) in [5.74, 6) is 1.44. The van der Waals surface area contributed by atoms with E-state index in [-0.39, 0.29) is 5.91 Å². The van der Waals surface area contributed by atoms with Crippen LogP contribution in [0.25, 0.3) is 0 Å². The van der Waals surface area contributed by atoms with Crippen molar-refractivity contribution < 1.29 is 9.53 Å². The molecular formula is C16H19N3O2. The summed E-state index contributed by atoms with van der Waals surface area (Å²) in [5, 5.41) is 2.92. The van der Waals surface area contributed by atoms with Crippen molar-refractivity contribution in [3.05, 3.63) is 53.7 Å². The average molecular weight is 285 g/mol. The molecule has 1 N–H and O–H groups in total. The van der Waals surface area contributed by atoms with Gasteiger partial charge >= 0.3 is 0 Å². The highest BCUT2D eigenvalue weighted by molar-refractivity contribution is 5.93. The number of ether oxygens (including phenoxy) is 1. The van der Waals surface area contributed by atoms with Crippen molar-refractivity contribution in [1.29, 1.82) is 0 Å². The highest BCUT2D eigenvalue weighted by Crippen LogP contribution is 2.19. The number of aromatic nitrogens is 1. The molecule has 0 radical (unpaired) electrons. The number of anilines is 1. The van der Waals surface area contributed by atoms with Crippen LogP contribution < -0.4 is 10.1 Å². The van der Waals surface area contributed by atoms with Crippen LogP contribution in [-0.2, 0) is 6.54 Å². The van der Waals surface area contributed by atoms with Gasteiger partial charge in [0, 0.05) is 32.4 Å². The number of hydrogen-bond acceptors (Lipinski definition) is 4. The molecule has 0 spiro atoms. The van der Waals surface area contributed by atoms with E-state index in [4.69, 9.17) is 4.74 Å². The van der Waals surface area contributed by atoms with Gasteiger partial charge in [-0.15, -0.1) is 0 Å². The van der Waals surface area contributed by atoms with Gasteiger partial charge in [0.05, 0.1) is 12.7 Å². The topological polar surface area (TPSA) is 54.5 Å². The summed E-state index contributed by atoms with van der Waals surface area (Å²) >= 11 is 0. The molecule has 1 aromatic heterocycles. The molecule has 0 saturated carbocycles. The number of benzene rings is 1. The van der Waals surface area contributed by atoms with E-state index < -0.39 is 0 Å². The van der Waals surface area contributed by atoms with Gasteiger partial charge in [-0.25, -0.2) is 4.98 Å². The fourth-order valence-corrected chi connectivity index (χ4v) is 2.05. The van der Waals surface area contributed by atoms with Crippen LogP contribution in [0.2, 0.25) is 0 Å². The molecule has 0 bridgehead atoms. The Balaban J connectivity index is 2.11. The number of amides is 1. The number of nitrogens with one attached hydrogen (secondary N) is 1. The molecule has 2 rings (SSSR count). The number of pyridine rings is 1. The number of methoxy groups -OCH3 is 1. The molecule has 0 unspecified atom stereocenters. The second kappa shape index (κ2) is 6.74. The molecule has 0 fully saturated rings. The predicted molar refractivity (Wildman–Crippen MR) is 82.6 cm³/mol. The Morgan fingerprint density at radius 1 is 1.29 bits per heavy atom. The molecular weight excluding hydrogens is 266 g/mol. The Bertz CT molecular complexity index is 611. The zero-order chi connectivity index (χ0) is 15.2.